The van der Waals surface area contributed by atoms with Gasteiger partial charge in [-0.3, -0.25) is 14.9 Å². The monoisotopic (exact) mass is 381 g/mol. The maximum Gasteiger partial charge on any atom is 0.329 e. The number of amides is 4. The van der Waals surface area contributed by atoms with Crippen LogP contribution in [0, 0.1) is 0 Å². The number of carbonyl (C=O) groups is 4. The molecule has 0 bridgehead atoms. The fourth-order valence-corrected chi connectivity index (χ4v) is 3.20. The van der Waals surface area contributed by atoms with Crippen molar-refractivity contribution in [2.24, 2.45) is 0 Å². The zero-order valence-corrected chi connectivity index (χ0v) is 15.6. The lowest BCUT2D eigenvalue weighted by molar-refractivity contribution is -0.155. The Morgan fingerprint density at radius 1 is 1.19 bits per heavy atom. The molecule has 2 atom stereocenters. The predicted molar refractivity (Wildman–Crippen MR) is 95.7 cm³/mol. The third-order valence-corrected chi connectivity index (χ3v) is 4.90. The van der Waals surface area contributed by atoms with E-state index in [4.69, 9.17) is 4.74 Å². The second-order valence-corrected chi connectivity index (χ2v) is 7.14. The van der Waals surface area contributed by atoms with Gasteiger partial charge in [-0.1, -0.05) is 18.9 Å². The number of urea groups is 1. The summed E-state index contributed by atoms with van der Waals surface area (Å²) in [5.74, 6) is -1.86. The number of rotatable bonds is 6. The van der Waals surface area contributed by atoms with Gasteiger partial charge in [0.25, 0.3) is 11.8 Å². The molecule has 8 nitrogen and oxygen atoms in total. The second-order valence-electron chi connectivity index (χ2n) is 6.20. The Hall–Kier alpha value is -2.42. The molecule has 26 heavy (non-hydrogen) atoms. The lowest BCUT2D eigenvalue weighted by atomic mass is 10.2. The van der Waals surface area contributed by atoms with Crippen LogP contribution in [0.3, 0.4) is 0 Å². The van der Waals surface area contributed by atoms with Crippen LogP contribution in [0.5, 0.6) is 0 Å². The quantitative estimate of drug-likeness (QED) is 0.647. The standard InChI is InChI=1S/C17H23N3O5S/c1-10(18-15(22)13-8-5-9-26-13)16(23)25-11(2)14(21)20-17(24)19-12-6-3-4-7-12/h5,8-12H,3-4,6-7H2,1-2H3,(H,18,22)(H2,19,20,21,24). The number of hydrogen-bond acceptors (Lipinski definition) is 6. The molecule has 142 valence electrons. The van der Waals surface area contributed by atoms with Crippen molar-refractivity contribution in [2.45, 2.75) is 57.7 Å². The van der Waals surface area contributed by atoms with E-state index < -0.39 is 36.0 Å². The molecule has 0 spiro atoms. The third kappa shape index (κ3) is 5.83. The van der Waals surface area contributed by atoms with Crippen molar-refractivity contribution in [1.82, 2.24) is 16.0 Å². The van der Waals surface area contributed by atoms with E-state index in [1.807, 2.05) is 0 Å². The minimum Gasteiger partial charge on any atom is -0.451 e. The topological polar surface area (TPSA) is 114 Å². The number of nitrogens with one attached hydrogen (secondary N) is 3. The van der Waals surface area contributed by atoms with Crippen molar-refractivity contribution in [3.8, 4) is 0 Å². The second kappa shape index (κ2) is 9.33. The van der Waals surface area contributed by atoms with Crippen LogP contribution in [0.2, 0.25) is 0 Å². The average Bonchev–Trinajstić information content (AvgIpc) is 3.27. The van der Waals surface area contributed by atoms with Crippen LogP contribution >= 0.6 is 11.3 Å². The largest absolute Gasteiger partial charge is 0.451 e. The van der Waals surface area contributed by atoms with Crippen molar-refractivity contribution in [3.05, 3.63) is 22.4 Å². The normalized spacial score (nSPS) is 16.4. The highest BCUT2D eigenvalue weighted by Crippen LogP contribution is 2.17. The Kier molecular flexibility index (Phi) is 7.14. The fourth-order valence-electron chi connectivity index (χ4n) is 2.57. The molecule has 4 amide bonds. The maximum absolute atomic E-state index is 12.0. The summed E-state index contributed by atoms with van der Waals surface area (Å²) in [6.45, 7) is 2.83. The summed E-state index contributed by atoms with van der Waals surface area (Å²) >= 11 is 1.25. The number of carbonyl (C=O) groups excluding carboxylic acids is 4. The molecule has 1 aliphatic rings. The van der Waals surface area contributed by atoms with E-state index in [-0.39, 0.29) is 6.04 Å². The Bertz CT molecular complexity index is 655. The minimum atomic E-state index is -1.15. The summed E-state index contributed by atoms with van der Waals surface area (Å²) in [6, 6.07) is 1.92. The molecule has 9 heteroatoms. The first-order valence-electron chi connectivity index (χ1n) is 8.53. The Labute approximate surface area is 155 Å². The van der Waals surface area contributed by atoms with Crippen molar-refractivity contribution in [3.63, 3.8) is 0 Å². The first kappa shape index (κ1) is 19.9. The molecule has 1 aliphatic carbocycles. The molecule has 3 N–H and O–H groups in total. The summed E-state index contributed by atoms with van der Waals surface area (Å²) in [4.78, 5) is 48.1. The van der Waals surface area contributed by atoms with E-state index >= 15 is 0 Å². The van der Waals surface area contributed by atoms with Gasteiger partial charge in [0.05, 0.1) is 4.88 Å². The van der Waals surface area contributed by atoms with Crippen LogP contribution in [0.1, 0.15) is 49.2 Å². The van der Waals surface area contributed by atoms with Gasteiger partial charge in [0.1, 0.15) is 6.04 Å². The van der Waals surface area contributed by atoms with Gasteiger partial charge in [-0.25, -0.2) is 9.59 Å². The molecule has 1 aromatic heterocycles. The zero-order chi connectivity index (χ0) is 19.1. The van der Waals surface area contributed by atoms with Crippen molar-refractivity contribution in [2.75, 3.05) is 0 Å². The molecule has 1 saturated carbocycles. The SMILES string of the molecule is CC(NC(=O)c1cccs1)C(=O)OC(C)C(=O)NC(=O)NC1CCCC1. The van der Waals surface area contributed by atoms with E-state index in [0.717, 1.165) is 25.7 Å². The van der Waals surface area contributed by atoms with Gasteiger partial charge >= 0.3 is 12.0 Å². The lowest BCUT2D eigenvalue weighted by Crippen LogP contribution is -2.48. The molecule has 0 radical (unpaired) electrons. The zero-order valence-electron chi connectivity index (χ0n) is 14.7. The van der Waals surface area contributed by atoms with Gasteiger partial charge in [0.2, 0.25) is 0 Å². The third-order valence-electron chi connectivity index (χ3n) is 4.04. The summed E-state index contributed by atoms with van der Waals surface area (Å²) in [5.41, 5.74) is 0. The van der Waals surface area contributed by atoms with Crippen LogP contribution in [0.4, 0.5) is 4.79 Å². The van der Waals surface area contributed by atoms with Gasteiger partial charge in [0.15, 0.2) is 6.10 Å². The first-order valence-corrected chi connectivity index (χ1v) is 9.41. The smallest absolute Gasteiger partial charge is 0.329 e. The number of hydrogen-bond donors (Lipinski definition) is 3. The molecule has 1 heterocycles. The Morgan fingerprint density at radius 3 is 2.50 bits per heavy atom. The van der Waals surface area contributed by atoms with Gasteiger partial charge in [-0.2, -0.15) is 0 Å². The average molecular weight is 381 g/mol. The summed E-state index contributed by atoms with van der Waals surface area (Å²) in [7, 11) is 0. The van der Waals surface area contributed by atoms with Crippen LogP contribution in [-0.2, 0) is 14.3 Å². The van der Waals surface area contributed by atoms with E-state index in [0.29, 0.717) is 4.88 Å². The van der Waals surface area contributed by atoms with Gasteiger partial charge < -0.3 is 15.4 Å². The highest BCUT2D eigenvalue weighted by molar-refractivity contribution is 7.12. The Balaban J connectivity index is 1.74. The molecule has 0 aliphatic heterocycles. The minimum absolute atomic E-state index is 0.0770. The van der Waals surface area contributed by atoms with Crippen molar-refractivity contribution < 1.29 is 23.9 Å². The fraction of sp³-hybridized carbons (Fsp3) is 0.529. The molecule has 2 rings (SSSR count). The highest BCUT2D eigenvalue weighted by Gasteiger charge is 2.25. The molecular weight excluding hydrogens is 358 g/mol. The van der Waals surface area contributed by atoms with E-state index in [1.165, 1.54) is 25.2 Å². The molecule has 1 fully saturated rings. The predicted octanol–water partition coefficient (Wildman–Crippen LogP) is 1.57. The van der Waals surface area contributed by atoms with Crippen molar-refractivity contribution in [1.29, 1.82) is 0 Å². The van der Waals surface area contributed by atoms with Crippen LogP contribution in [0.15, 0.2) is 17.5 Å². The van der Waals surface area contributed by atoms with Crippen LogP contribution in [-0.4, -0.2) is 42.0 Å². The van der Waals surface area contributed by atoms with Gasteiger partial charge in [0, 0.05) is 6.04 Å². The molecule has 0 saturated heterocycles. The highest BCUT2D eigenvalue weighted by atomic mass is 32.1. The van der Waals surface area contributed by atoms with Crippen LogP contribution < -0.4 is 16.0 Å². The number of imide groups is 1. The Morgan fingerprint density at radius 2 is 1.88 bits per heavy atom. The van der Waals surface area contributed by atoms with Crippen LogP contribution in [0.25, 0.3) is 0 Å². The van der Waals surface area contributed by atoms with E-state index in [1.54, 1.807) is 17.5 Å². The molecule has 2 unspecified atom stereocenters. The van der Waals surface area contributed by atoms with E-state index in [2.05, 4.69) is 16.0 Å². The number of ether oxygens (including phenoxy) is 1. The number of thiophene rings is 1. The molecular formula is C17H23N3O5S. The summed E-state index contributed by atoms with van der Waals surface area (Å²) in [6.07, 6.45) is 2.75. The maximum atomic E-state index is 12.0. The van der Waals surface area contributed by atoms with Gasteiger partial charge in [-0.05, 0) is 38.1 Å². The van der Waals surface area contributed by atoms with Crippen molar-refractivity contribution >= 4 is 35.2 Å². The number of esters is 1. The molecule has 0 aromatic carbocycles. The van der Waals surface area contributed by atoms with E-state index in [9.17, 15) is 19.2 Å². The summed E-state index contributed by atoms with van der Waals surface area (Å²) < 4.78 is 5.02. The first-order chi connectivity index (χ1) is 12.4. The lowest BCUT2D eigenvalue weighted by Gasteiger charge is -2.18. The van der Waals surface area contributed by atoms with Gasteiger partial charge in [-0.15, -0.1) is 11.3 Å². The molecule has 1 aromatic rings. The summed E-state index contributed by atoms with van der Waals surface area (Å²) in [5, 5.41) is 9.13.